The molecule has 3 amide bonds. The summed E-state index contributed by atoms with van der Waals surface area (Å²) in [5.74, 6) is -1.85. The van der Waals surface area contributed by atoms with E-state index in [0.29, 0.717) is 31.7 Å². The highest BCUT2D eigenvalue weighted by Gasteiger charge is 2.47. The molecule has 3 N–H and O–H groups in total. The Morgan fingerprint density at radius 1 is 0.969 bits per heavy atom. The smallest absolute Gasteiger partial charge is 0.254 e. The number of hydrogen-bond acceptors (Lipinski definition) is 8. The minimum absolute atomic E-state index is 0.0781. The fourth-order valence-corrected chi connectivity index (χ4v) is 3.58. The van der Waals surface area contributed by atoms with Crippen molar-refractivity contribution in [3.63, 3.8) is 0 Å². The molecule has 0 saturated carbocycles. The van der Waals surface area contributed by atoms with Crippen molar-refractivity contribution in [2.45, 2.75) is 65.8 Å². The average Bonchev–Trinajstić information content (AvgIpc) is 2.70. The van der Waals surface area contributed by atoms with Crippen LogP contribution in [-0.2, 0) is 33.4 Å². The topological polar surface area (TPSA) is 140 Å². The Hall–Kier alpha value is -1.98. The lowest BCUT2D eigenvalue weighted by Crippen LogP contribution is -2.57. The van der Waals surface area contributed by atoms with Crippen molar-refractivity contribution in [3.05, 3.63) is 0 Å². The van der Waals surface area contributed by atoms with Gasteiger partial charge in [0.2, 0.25) is 23.5 Å². The summed E-state index contributed by atoms with van der Waals surface area (Å²) in [5.41, 5.74) is -0.552. The van der Waals surface area contributed by atoms with Crippen molar-refractivity contribution in [3.8, 4) is 0 Å². The van der Waals surface area contributed by atoms with E-state index in [-0.39, 0.29) is 37.2 Å². The van der Waals surface area contributed by atoms with Crippen LogP contribution in [0.25, 0.3) is 0 Å². The number of hydrogen-bond donors (Lipinski definition) is 3. The lowest BCUT2D eigenvalue weighted by Gasteiger charge is -2.46. The van der Waals surface area contributed by atoms with E-state index in [9.17, 15) is 24.0 Å². The summed E-state index contributed by atoms with van der Waals surface area (Å²) in [6, 6.07) is 0. The van der Waals surface area contributed by atoms with Gasteiger partial charge in [0.25, 0.3) is 5.12 Å². The first-order chi connectivity index (χ1) is 14.9. The van der Waals surface area contributed by atoms with E-state index in [2.05, 4.69) is 16.0 Å². The van der Waals surface area contributed by atoms with Crippen LogP contribution in [0.5, 0.6) is 0 Å². The quantitative estimate of drug-likeness (QED) is 0.275. The molecule has 1 saturated heterocycles. The summed E-state index contributed by atoms with van der Waals surface area (Å²) >= 11 is 0.860. The van der Waals surface area contributed by atoms with Crippen LogP contribution in [0.2, 0.25) is 0 Å². The molecule has 0 aromatic rings. The Morgan fingerprint density at radius 3 is 2.28 bits per heavy atom. The molecular weight excluding hydrogens is 438 g/mol. The lowest BCUT2D eigenvalue weighted by atomic mass is 9.85. The fourth-order valence-electron chi connectivity index (χ4n) is 2.99. The molecule has 1 heterocycles. The van der Waals surface area contributed by atoms with E-state index in [4.69, 9.17) is 9.47 Å². The lowest BCUT2D eigenvalue weighted by molar-refractivity contribution is -0.315. The number of carbonyl (C=O) groups is 5. The molecule has 0 aromatic heterocycles. The summed E-state index contributed by atoms with van der Waals surface area (Å²) in [6.45, 7) is 9.40. The first kappa shape index (κ1) is 28.1. The van der Waals surface area contributed by atoms with Crippen LogP contribution in [-0.4, -0.2) is 72.5 Å². The first-order valence-corrected chi connectivity index (χ1v) is 11.6. The molecule has 1 fully saturated rings. The summed E-state index contributed by atoms with van der Waals surface area (Å²) in [5, 5.41) is 7.57. The van der Waals surface area contributed by atoms with Crippen molar-refractivity contribution in [1.29, 1.82) is 0 Å². The van der Waals surface area contributed by atoms with Crippen LogP contribution >= 0.6 is 11.8 Å². The Kier molecular flexibility index (Phi) is 11.3. The second-order valence-corrected chi connectivity index (χ2v) is 9.65. The monoisotopic (exact) mass is 473 g/mol. The van der Waals surface area contributed by atoms with E-state index < -0.39 is 28.2 Å². The molecule has 0 bridgehead atoms. The van der Waals surface area contributed by atoms with Gasteiger partial charge in [-0.2, -0.15) is 0 Å². The number of ether oxygens (including phenoxy) is 2. The number of rotatable bonds is 12. The van der Waals surface area contributed by atoms with Crippen molar-refractivity contribution in [2.24, 2.45) is 5.41 Å². The molecule has 0 aliphatic carbocycles. The van der Waals surface area contributed by atoms with E-state index in [1.54, 1.807) is 6.92 Å². The molecule has 1 rings (SSSR count). The van der Waals surface area contributed by atoms with Gasteiger partial charge in [0.05, 0.1) is 6.61 Å². The van der Waals surface area contributed by atoms with Crippen LogP contribution < -0.4 is 16.0 Å². The van der Waals surface area contributed by atoms with Gasteiger partial charge < -0.3 is 25.4 Å². The molecule has 0 radical (unpaired) electrons. The van der Waals surface area contributed by atoms with Crippen LogP contribution in [0.4, 0.5) is 0 Å². The maximum absolute atomic E-state index is 12.7. The van der Waals surface area contributed by atoms with Crippen LogP contribution in [0.1, 0.15) is 53.9 Å². The summed E-state index contributed by atoms with van der Waals surface area (Å²) < 4.78 is 11.9. The normalized spacial score (nSPS) is 22.0. The highest BCUT2D eigenvalue weighted by atomic mass is 32.2. The van der Waals surface area contributed by atoms with E-state index in [1.807, 2.05) is 13.8 Å². The summed E-state index contributed by atoms with van der Waals surface area (Å²) in [7, 11) is 0. The molecule has 10 nitrogen and oxygen atoms in total. The maximum atomic E-state index is 12.7. The van der Waals surface area contributed by atoms with E-state index >= 15 is 0 Å². The van der Waals surface area contributed by atoms with Crippen molar-refractivity contribution in [2.75, 3.05) is 32.0 Å². The first-order valence-electron chi connectivity index (χ1n) is 10.6. The number of ketones is 1. The third-order valence-electron chi connectivity index (χ3n) is 4.84. The van der Waals surface area contributed by atoms with Gasteiger partial charge in [0.1, 0.15) is 6.10 Å². The standard InChI is InChI=1S/C21H35N3O7S/c1-14(25)19(29)32-12-11-23-16(27)7-10-24-18(28)17-20(3,4)13-30-21(5,31-17)8-6-9-22-15(2)26/h17H,6-13H2,1-5H3,(H,22,26)(H,23,27)(H,24,28)/t17-,21?/m0/s1. The van der Waals surface area contributed by atoms with Gasteiger partial charge in [-0.25, -0.2) is 0 Å². The van der Waals surface area contributed by atoms with Gasteiger partial charge in [-0.3, -0.25) is 24.0 Å². The van der Waals surface area contributed by atoms with Crippen molar-refractivity contribution in [1.82, 2.24) is 16.0 Å². The van der Waals surface area contributed by atoms with Crippen LogP contribution in [0.15, 0.2) is 0 Å². The zero-order valence-electron chi connectivity index (χ0n) is 19.5. The summed E-state index contributed by atoms with van der Waals surface area (Å²) in [6.07, 6.45) is 0.481. The number of amides is 3. The highest BCUT2D eigenvalue weighted by Crippen LogP contribution is 2.37. The van der Waals surface area contributed by atoms with Crippen molar-refractivity contribution < 1.29 is 33.4 Å². The van der Waals surface area contributed by atoms with Crippen molar-refractivity contribution >= 4 is 40.4 Å². The van der Waals surface area contributed by atoms with Gasteiger partial charge in [-0.05, 0) is 13.3 Å². The van der Waals surface area contributed by atoms with E-state index in [0.717, 1.165) is 11.8 Å². The molecule has 0 spiro atoms. The third-order valence-corrected chi connectivity index (χ3v) is 5.80. The van der Waals surface area contributed by atoms with Gasteiger partial charge in [-0.1, -0.05) is 25.6 Å². The summed E-state index contributed by atoms with van der Waals surface area (Å²) in [4.78, 5) is 57.7. The van der Waals surface area contributed by atoms with Crippen LogP contribution in [0, 0.1) is 5.41 Å². The molecule has 182 valence electrons. The zero-order valence-corrected chi connectivity index (χ0v) is 20.3. The van der Waals surface area contributed by atoms with E-state index in [1.165, 1.54) is 13.8 Å². The zero-order chi connectivity index (χ0) is 24.4. The molecule has 1 aliphatic rings. The molecule has 11 heteroatoms. The predicted molar refractivity (Wildman–Crippen MR) is 120 cm³/mol. The molecule has 1 aliphatic heterocycles. The second kappa shape index (κ2) is 12.9. The number of nitrogens with one attached hydrogen (secondary N) is 3. The number of Topliss-reactive ketones (excluding diaryl/α,β-unsaturated/α-hetero) is 1. The molecular formula is C21H35N3O7S. The van der Waals surface area contributed by atoms with Gasteiger partial charge in [0, 0.05) is 57.5 Å². The van der Waals surface area contributed by atoms with Crippen LogP contribution in [0.3, 0.4) is 0 Å². The average molecular weight is 474 g/mol. The maximum Gasteiger partial charge on any atom is 0.254 e. The largest absolute Gasteiger partial charge is 0.356 e. The number of thioether (sulfide) groups is 1. The third kappa shape index (κ3) is 10.1. The second-order valence-electron chi connectivity index (χ2n) is 8.58. The highest BCUT2D eigenvalue weighted by molar-refractivity contribution is 8.15. The van der Waals surface area contributed by atoms with Gasteiger partial charge in [-0.15, -0.1) is 0 Å². The molecule has 2 atom stereocenters. The Bertz CT molecular complexity index is 714. The minimum Gasteiger partial charge on any atom is -0.356 e. The Balaban J connectivity index is 2.41. The number of carbonyl (C=O) groups excluding carboxylic acids is 5. The predicted octanol–water partition coefficient (Wildman–Crippen LogP) is 0.532. The fraction of sp³-hybridized carbons (Fsp3) is 0.762. The van der Waals surface area contributed by atoms with Gasteiger partial charge in [0.15, 0.2) is 5.79 Å². The molecule has 32 heavy (non-hydrogen) atoms. The molecule has 1 unspecified atom stereocenters. The molecule has 0 aromatic carbocycles. The Morgan fingerprint density at radius 2 is 1.66 bits per heavy atom. The Labute approximate surface area is 193 Å². The minimum atomic E-state index is -0.942. The van der Waals surface area contributed by atoms with Gasteiger partial charge >= 0.3 is 0 Å². The SMILES string of the molecule is CC(=O)NCCCC1(C)OCC(C)(C)[C@H](C(=O)NCCC(=O)NCCSC(=O)C(C)=O)O1.